The van der Waals surface area contributed by atoms with E-state index in [0.29, 0.717) is 6.61 Å². The van der Waals surface area contributed by atoms with Gasteiger partial charge in [-0.2, -0.15) is 0 Å². The van der Waals surface area contributed by atoms with Crippen LogP contribution in [0.4, 0.5) is 0 Å². The van der Waals surface area contributed by atoms with Crippen LogP contribution < -0.4 is 10.2 Å². The van der Waals surface area contributed by atoms with Crippen LogP contribution in [0.1, 0.15) is 33.3 Å². The van der Waals surface area contributed by atoms with Gasteiger partial charge < -0.3 is 14.0 Å². The minimum absolute atomic E-state index is 0.366. The van der Waals surface area contributed by atoms with Crippen molar-refractivity contribution in [3.05, 3.63) is 35.4 Å². The van der Waals surface area contributed by atoms with Crippen molar-refractivity contribution in [2.45, 2.75) is 45.8 Å². The Morgan fingerprint density at radius 3 is 2.38 bits per heavy atom. The van der Waals surface area contributed by atoms with Gasteiger partial charge in [0.1, 0.15) is 12.4 Å². The van der Waals surface area contributed by atoms with E-state index in [9.17, 15) is 0 Å². The highest BCUT2D eigenvalue weighted by atomic mass is 35.5. The summed E-state index contributed by atoms with van der Waals surface area (Å²) in [6.45, 7) is 10.6. The third-order valence-corrected chi connectivity index (χ3v) is 4.27. The molecule has 0 bridgehead atoms. The third kappa shape index (κ3) is 3.45. The molecule has 0 radical (unpaired) electrons. The fourth-order valence-corrected chi connectivity index (χ4v) is 2.20. The van der Waals surface area contributed by atoms with E-state index < -0.39 is 7.12 Å². The molecule has 21 heavy (non-hydrogen) atoms. The standard InChI is InChI=1S/C16H22BClO3/c1-12-7-8-14(19-10-6-9-18)13(11-12)17-20-15(2,3)16(4,5)21-17/h6-9,11H,10H2,1-5H3/b9-6+. The summed E-state index contributed by atoms with van der Waals surface area (Å²) < 4.78 is 18.0. The second-order valence-corrected chi connectivity index (χ2v) is 6.55. The van der Waals surface area contributed by atoms with Crippen molar-refractivity contribution in [1.29, 1.82) is 0 Å². The van der Waals surface area contributed by atoms with Gasteiger partial charge >= 0.3 is 7.12 Å². The van der Waals surface area contributed by atoms with Gasteiger partial charge in [-0.3, -0.25) is 0 Å². The van der Waals surface area contributed by atoms with Crippen molar-refractivity contribution in [2.75, 3.05) is 6.61 Å². The Hall–Kier alpha value is -0.965. The molecule has 1 fully saturated rings. The summed E-state index contributed by atoms with van der Waals surface area (Å²) in [5.74, 6) is 0.758. The van der Waals surface area contributed by atoms with Crippen LogP contribution in [0.25, 0.3) is 0 Å². The van der Waals surface area contributed by atoms with Gasteiger partial charge in [-0.05, 0) is 46.8 Å². The van der Waals surface area contributed by atoms with E-state index in [-0.39, 0.29) is 11.2 Å². The van der Waals surface area contributed by atoms with Crippen LogP contribution in [-0.4, -0.2) is 24.9 Å². The van der Waals surface area contributed by atoms with Gasteiger partial charge in [-0.25, -0.2) is 0 Å². The van der Waals surface area contributed by atoms with Crippen LogP contribution in [-0.2, 0) is 9.31 Å². The van der Waals surface area contributed by atoms with Crippen molar-refractivity contribution in [3.63, 3.8) is 0 Å². The van der Waals surface area contributed by atoms with E-state index in [4.69, 9.17) is 25.6 Å². The number of hydrogen-bond donors (Lipinski definition) is 0. The average molecular weight is 309 g/mol. The van der Waals surface area contributed by atoms with E-state index >= 15 is 0 Å². The predicted octanol–water partition coefficient (Wildman–Crippen LogP) is 3.43. The van der Waals surface area contributed by atoms with Crippen molar-refractivity contribution < 1.29 is 14.0 Å². The Balaban J connectivity index is 2.29. The molecule has 1 heterocycles. The minimum Gasteiger partial charge on any atom is -0.490 e. The van der Waals surface area contributed by atoms with Crippen molar-refractivity contribution in [3.8, 4) is 5.75 Å². The summed E-state index contributed by atoms with van der Waals surface area (Å²) >= 11 is 5.52. The summed E-state index contributed by atoms with van der Waals surface area (Å²) in [6, 6.07) is 5.99. The van der Waals surface area contributed by atoms with E-state index in [2.05, 4.69) is 0 Å². The average Bonchev–Trinajstić information content (AvgIpc) is 2.60. The molecule has 1 saturated heterocycles. The van der Waals surface area contributed by atoms with E-state index in [1.807, 2.05) is 52.8 Å². The Labute approximate surface area is 132 Å². The summed E-state index contributed by atoms with van der Waals surface area (Å²) in [5, 5.41) is 0. The Kier molecular flexibility index (Phi) is 4.71. The zero-order valence-corrected chi connectivity index (χ0v) is 14.0. The zero-order valence-electron chi connectivity index (χ0n) is 13.3. The van der Waals surface area contributed by atoms with Crippen LogP contribution in [0, 0.1) is 6.92 Å². The molecule has 1 aliphatic heterocycles. The first-order valence-electron chi connectivity index (χ1n) is 7.11. The second kappa shape index (κ2) is 6.03. The normalized spacial score (nSPS) is 20.2. The Morgan fingerprint density at radius 2 is 1.81 bits per heavy atom. The molecule has 1 aliphatic rings. The number of aryl methyl sites for hydroxylation is 1. The molecule has 0 spiro atoms. The first-order chi connectivity index (χ1) is 9.77. The Morgan fingerprint density at radius 1 is 1.19 bits per heavy atom. The highest BCUT2D eigenvalue weighted by Gasteiger charge is 2.52. The van der Waals surface area contributed by atoms with Crippen molar-refractivity contribution >= 4 is 24.2 Å². The summed E-state index contributed by atoms with van der Waals surface area (Å²) in [6.07, 6.45) is 1.75. The van der Waals surface area contributed by atoms with Gasteiger partial charge in [0.2, 0.25) is 0 Å². The van der Waals surface area contributed by atoms with Crippen LogP contribution in [0.3, 0.4) is 0 Å². The third-order valence-electron chi connectivity index (χ3n) is 4.10. The van der Waals surface area contributed by atoms with E-state index in [1.54, 1.807) is 6.08 Å². The predicted molar refractivity (Wildman–Crippen MR) is 87.4 cm³/mol. The van der Waals surface area contributed by atoms with Crippen molar-refractivity contribution in [2.24, 2.45) is 0 Å². The van der Waals surface area contributed by atoms with Crippen molar-refractivity contribution in [1.82, 2.24) is 0 Å². The maximum Gasteiger partial charge on any atom is 0.498 e. The first kappa shape index (κ1) is 16.4. The monoisotopic (exact) mass is 308 g/mol. The molecule has 3 nitrogen and oxygen atoms in total. The highest BCUT2D eigenvalue weighted by Crippen LogP contribution is 2.37. The van der Waals surface area contributed by atoms with Gasteiger partial charge in [-0.1, -0.05) is 29.3 Å². The van der Waals surface area contributed by atoms with Crippen LogP contribution in [0.5, 0.6) is 5.75 Å². The lowest BCUT2D eigenvalue weighted by molar-refractivity contribution is 0.00578. The molecule has 0 saturated carbocycles. The fraction of sp³-hybridized carbons (Fsp3) is 0.500. The van der Waals surface area contributed by atoms with Gasteiger partial charge in [0, 0.05) is 11.0 Å². The van der Waals surface area contributed by atoms with E-state index in [0.717, 1.165) is 16.8 Å². The SMILES string of the molecule is Cc1ccc(OC/C=C/Cl)c(B2OC(C)(C)C(C)(C)O2)c1. The number of halogens is 1. The quantitative estimate of drug-likeness (QED) is 0.798. The number of rotatable bonds is 4. The molecule has 0 aliphatic carbocycles. The molecule has 2 rings (SSSR count). The lowest BCUT2D eigenvalue weighted by Crippen LogP contribution is -2.41. The molecule has 1 aromatic rings. The van der Waals surface area contributed by atoms with Gasteiger partial charge in [-0.15, -0.1) is 0 Å². The summed E-state index contributed by atoms with van der Waals surface area (Å²) in [5.41, 5.74) is 2.77. The molecular weight excluding hydrogens is 286 g/mol. The highest BCUT2D eigenvalue weighted by molar-refractivity contribution is 6.63. The maximum absolute atomic E-state index is 6.11. The second-order valence-electron chi connectivity index (χ2n) is 6.30. The molecule has 5 heteroatoms. The molecular formula is C16H22BClO3. The summed E-state index contributed by atoms with van der Waals surface area (Å²) in [4.78, 5) is 0. The molecule has 0 aromatic heterocycles. The molecule has 0 amide bonds. The molecule has 0 unspecified atom stereocenters. The molecule has 0 atom stereocenters. The fourth-order valence-electron chi connectivity index (χ4n) is 2.13. The lowest BCUT2D eigenvalue weighted by atomic mass is 9.77. The molecule has 1 aromatic carbocycles. The topological polar surface area (TPSA) is 27.7 Å². The minimum atomic E-state index is -0.426. The largest absolute Gasteiger partial charge is 0.498 e. The number of hydrogen-bond acceptors (Lipinski definition) is 3. The zero-order chi connectivity index (χ0) is 15.7. The van der Waals surface area contributed by atoms with Gasteiger partial charge in [0.05, 0.1) is 11.2 Å². The number of benzene rings is 1. The molecule has 114 valence electrons. The maximum atomic E-state index is 6.11. The van der Waals surface area contributed by atoms with Crippen LogP contribution >= 0.6 is 11.6 Å². The summed E-state index contributed by atoms with van der Waals surface area (Å²) in [7, 11) is -0.426. The Bertz CT molecular complexity index is 524. The van der Waals surface area contributed by atoms with E-state index in [1.165, 1.54) is 5.54 Å². The lowest BCUT2D eigenvalue weighted by Gasteiger charge is -2.32. The van der Waals surface area contributed by atoms with Crippen LogP contribution in [0.15, 0.2) is 29.8 Å². The smallest absolute Gasteiger partial charge is 0.490 e. The van der Waals surface area contributed by atoms with Gasteiger partial charge in [0.25, 0.3) is 0 Å². The molecule has 0 N–H and O–H groups in total. The first-order valence-corrected chi connectivity index (χ1v) is 7.55. The van der Waals surface area contributed by atoms with Gasteiger partial charge in [0.15, 0.2) is 0 Å². The van der Waals surface area contributed by atoms with Crippen LogP contribution in [0.2, 0.25) is 0 Å². The number of ether oxygens (including phenoxy) is 1.